The lowest BCUT2D eigenvalue weighted by Crippen LogP contribution is -2.36. The van der Waals surface area contributed by atoms with Crippen molar-refractivity contribution in [1.29, 1.82) is 0 Å². The molecular weight excluding hydrogens is 218 g/mol. The van der Waals surface area contributed by atoms with Crippen molar-refractivity contribution in [3.05, 3.63) is 34.5 Å². The van der Waals surface area contributed by atoms with Crippen molar-refractivity contribution in [3.63, 3.8) is 0 Å². The first-order valence-corrected chi connectivity index (χ1v) is 6.47. The lowest BCUT2D eigenvalue weighted by Gasteiger charge is -2.24. The van der Waals surface area contributed by atoms with Crippen molar-refractivity contribution in [2.75, 3.05) is 6.54 Å². The van der Waals surface area contributed by atoms with Gasteiger partial charge in [0.2, 0.25) is 0 Å². The molecule has 88 valence electrons. The largest absolute Gasteiger partial charge is 0.332 e. The molecule has 0 unspecified atom stereocenters. The molecule has 1 rings (SSSR count). The van der Waals surface area contributed by atoms with E-state index >= 15 is 0 Å². The third-order valence-electron chi connectivity index (χ3n) is 2.46. The Balaban J connectivity index is 2.85. The summed E-state index contributed by atoms with van der Waals surface area (Å²) in [4.78, 5) is 15.3. The third-order valence-corrected chi connectivity index (χ3v) is 3.54. The van der Waals surface area contributed by atoms with E-state index < -0.39 is 0 Å². The molecule has 0 saturated heterocycles. The second-order valence-corrected chi connectivity index (χ2v) is 4.99. The van der Waals surface area contributed by atoms with E-state index in [-0.39, 0.29) is 11.9 Å². The molecule has 0 N–H and O–H groups in total. The number of rotatable bonds is 5. The summed E-state index contributed by atoms with van der Waals surface area (Å²) in [5.74, 6) is 0.103. The third kappa shape index (κ3) is 2.95. The summed E-state index contributed by atoms with van der Waals surface area (Å²) >= 11 is 1.65. The van der Waals surface area contributed by atoms with Gasteiger partial charge in [0.05, 0.1) is 5.56 Å². The molecule has 16 heavy (non-hydrogen) atoms. The van der Waals surface area contributed by atoms with Crippen LogP contribution in [0.5, 0.6) is 0 Å². The first-order chi connectivity index (χ1) is 7.60. The Hall–Kier alpha value is -1.09. The van der Waals surface area contributed by atoms with Crippen LogP contribution in [0.1, 0.15) is 36.0 Å². The molecule has 0 aliphatic rings. The molecule has 1 aromatic heterocycles. The number of thiophene rings is 1. The minimum atomic E-state index is 0.103. The van der Waals surface area contributed by atoms with Crippen LogP contribution < -0.4 is 0 Å². The smallest absolute Gasteiger partial charge is 0.255 e. The Morgan fingerprint density at radius 1 is 1.62 bits per heavy atom. The van der Waals surface area contributed by atoms with Crippen molar-refractivity contribution in [2.45, 2.75) is 33.2 Å². The van der Waals surface area contributed by atoms with Crippen LogP contribution in [0.4, 0.5) is 0 Å². The van der Waals surface area contributed by atoms with Crippen LogP contribution in [-0.2, 0) is 6.42 Å². The molecule has 0 fully saturated rings. The van der Waals surface area contributed by atoms with Gasteiger partial charge < -0.3 is 4.90 Å². The molecule has 0 radical (unpaired) electrons. The van der Waals surface area contributed by atoms with E-state index in [2.05, 4.69) is 13.5 Å². The second kappa shape index (κ2) is 5.85. The van der Waals surface area contributed by atoms with Crippen molar-refractivity contribution in [1.82, 2.24) is 4.90 Å². The van der Waals surface area contributed by atoms with E-state index in [1.807, 2.05) is 30.2 Å². The quantitative estimate of drug-likeness (QED) is 0.719. The predicted molar refractivity (Wildman–Crippen MR) is 70.1 cm³/mol. The highest BCUT2D eigenvalue weighted by molar-refractivity contribution is 7.10. The lowest BCUT2D eigenvalue weighted by atomic mass is 10.2. The zero-order chi connectivity index (χ0) is 12.1. The highest BCUT2D eigenvalue weighted by atomic mass is 32.1. The Morgan fingerprint density at radius 2 is 2.31 bits per heavy atom. The van der Waals surface area contributed by atoms with Crippen LogP contribution in [0.15, 0.2) is 24.1 Å². The van der Waals surface area contributed by atoms with Gasteiger partial charge in [0.25, 0.3) is 5.91 Å². The van der Waals surface area contributed by atoms with Crippen molar-refractivity contribution in [3.8, 4) is 0 Å². The van der Waals surface area contributed by atoms with E-state index in [0.717, 1.165) is 12.0 Å². The summed E-state index contributed by atoms with van der Waals surface area (Å²) in [6.07, 6.45) is 2.76. The molecular formula is C13H19NOS. The summed E-state index contributed by atoms with van der Waals surface area (Å²) in [7, 11) is 0. The van der Waals surface area contributed by atoms with Gasteiger partial charge in [-0.1, -0.05) is 13.0 Å². The van der Waals surface area contributed by atoms with E-state index in [0.29, 0.717) is 6.54 Å². The van der Waals surface area contributed by atoms with E-state index in [4.69, 9.17) is 0 Å². The molecule has 0 saturated carbocycles. The van der Waals surface area contributed by atoms with Crippen LogP contribution in [0.3, 0.4) is 0 Å². The highest BCUT2D eigenvalue weighted by Crippen LogP contribution is 2.17. The van der Waals surface area contributed by atoms with Gasteiger partial charge in [-0.2, -0.15) is 0 Å². The molecule has 0 bridgehead atoms. The highest BCUT2D eigenvalue weighted by Gasteiger charge is 2.18. The Morgan fingerprint density at radius 3 is 2.75 bits per heavy atom. The minimum absolute atomic E-state index is 0.103. The molecule has 0 aromatic carbocycles. The van der Waals surface area contributed by atoms with Gasteiger partial charge in [-0.25, -0.2) is 0 Å². The van der Waals surface area contributed by atoms with Gasteiger partial charge in [0.1, 0.15) is 0 Å². The van der Waals surface area contributed by atoms with Gasteiger partial charge in [0, 0.05) is 22.8 Å². The van der Waals surface area contributed by atoms with Crippen molar-refractivity contribution >= 4 is 17.2 Å². The second-order valence-electron chi connectivity index (χ2n) is 4.00. The topological polar surface area (TPSA) is 20.3 Å². The van der Waals surface area contributed by atoms with Crippen LogP contribution in [0.25, 0.3) is 0 Å². The number of hydrogen-bond donors (Lipinski definition) is 0. The van der Waals surface area contributed by atoms with Crippen LogP contribution in [0.2, 0.25) is 0 Å². The maximum Gasteiger partial charge on any atom is 0.255 e. The van der Waals surface area contributed by atoms with Crippen LogP contribution in [0, 0.1) is 0 Å². The monoisotopic (exact) mass is 237 g/mol. The zero-order valence-corrected chi connectivity index (χ0v) is 11.0. The van der Waals surface area contributed by atoms with Gasteiger partial charge >= 0.3 is 0 Å². The first kappa shape index (κ1) is 13.0. The zero-order valence-electron chi connectivity index (χ0n) is 10.2. The Bertz CT molecular complexity index is 368. The maximum absolute atomic E-state index is 12.2. The summed E-state index contributed by atoms with van der Waals surface area (Å²) in [5.41, 5.74) is 0.803. The number of carbonyl (C=O) groups excluding carboxylic acids is 1. The number of aryl methyl sites for hydroxylation is 1. The van der Waals surface area contributed by atoms with Gasteiger partial charge in [-0.05, 0) is 26.3 Å². The minimum Gasteiger partial charge on any atom is -0.332 e. The lowest BCUT2D eigenvalue weighted by molar-refractivity contribution is 0.0729. The van der Waals surface area contributed by atoms with Gasteiger partial charge in [-0.15, -0.1) is 17.9 Å². The van der Waals surface area contributed by atoms with Crippen LogP contribution in [-0.4, -0.2) is 23.4 Å². The number of nitrogens with zero attached hydrogens (tertiary/aromatic N) is 1. The molecule has 1 amide bonds. The standard InChI is InChI=1S/C13H19NOS/c1-5-7-14(10(3)4)13(15)11-8-12(6-2)16-9-11/h5,8-10H,1,6-7H2,2-4H3. The normalized spacial score (nSPS) is 10.5. The molecule has 0 aliphatic carbocycles. The number of hydrogen-bond acceptors (Lipinski definition) is 2. The fourth-order valence-electron chi connectivity index (χ4n) is 1.51. The first-order valence-electron chi connectivity index (χ1n) is 5.59. The average molecular weight is 237 g/mol. The van der Waals surface area contributed by atoms with Crippen LogP contribution >= 0.6 is 11.3 Å². The number of amides is 1. The molecule has 2 nitrogen and oxygen atoms in total. The summed E-state index contributed by atoms with van der Waals surface area (Å²) < 4.78 is 0. The fraction of sp³-hybridized carbons (Fsp3) is 0.462. The molecule has 1 aromatic rings. The predicted octanol–water partition coefficient (Wildman–Crippen LogP) is 3.35. The van der Waals surface area contributed by atoms with E-state index in [9.17, 15) is 4.79 Å². The maximum atomic E-state index is 12.2. The Kier molecular flexibility index (Phi) is 4.74. The SMILES string of the molecule is C=CCN(C(=O)c1csc(CC)c1)C(C)C. The molecule has 0 spiro atoms. The summed E-state index contributed by atoms with van der Waals surface area (Å²) in [5, 5.41) is 1.94. The molecule has 1 heterocycles. The molecule has 0 aliphatic heterocycles. The van der Waals surface area contributed by atoms with Crippen molar-refractivity contribution in [2.24, 2.45) is 0 Å². The van der Waals surface area contributed by atoms with Crippen molar-refractivity contribution < 1.29 is 4.79 Å². The fourth-order valence-corrected chi connectivity index (χ4v) is 2.32. The van der Waals surface area contributed by atoms with E-state index in [1.165, 1.54) is 4.88 Å². The van der Waals surface area contributed by atoms with Gasteiger partial charge in [0.15, 0.2) is 0 Å². The summed E-state index contributed by atoms with van der Waals surface area (Å²) in [6, 6.07) is 2.20. The summed E-state index contributed by atoms with van der Waals surface area (Å²) in [6.45, 7) is 10.4. The van der Waals surface area contributed by atoms with Gasteiger partial charge in [-0.3, -0.25) is 4.79 Å². The average Bonchev–Trinajstić information content (AvgIpc) is 2.73. The molecule has 3 heteroatoms. The Labute approximate surface area is 102 Å². The number of carbonyl (C=O) groups is 1. The molecule has 0 atom stereocenters. The van der Waals surface area contributed by atoms with E-state index in [1.54, 1.807) is 17.4 Å².